The summed E-state index contributed by atoms with van der Waals surface area (Å²) in [5.41, 5.74) is 0.0702. The first-order valence-corrected chi connectivity index (χ1v) is 10.4. The number of benzene rings is 1. The van der Waals surface area contributed by atoms with E-state index in [0.29, 0.717) is 17.9 Å². The molecular weight excluding hydrogens is 377 g/mol. The molecule has 154 valence electrons. The number of allylic oxidation sites excluding steroid dienone is 4. The van der Waals surface area contributed by atoms with Crippen LogP contribution in [0.3, 0.4) is 0 Å². The summed E-state index contributed by atoms with van der Waals surface area (Å²) in [5, 5.41) is 11.8. The minimum Gasteiger partial charge on any atom is -0.385 e. The first kappa shape index (κ1) is 22.8. The Morgan fingerprint density at radius 3 is 2.71 bits per heavy atom. The number of rotatable bonds is 8. The van der Waals surface area contributed by atoms with Gasteiger partial charge in [0.2, 0.25) is 0 Å². The number of hydrogen-bond acceptors (Lipinski definition) is 3. The van der Waals surface area contributed by atoms with E-state index < -0.39 is 5.60 Å². The Bertz CT molecular complexity index is 716. The van der Waals surface area contributed by atoms with Crippen LogP contribution in [0.5, 0.6) is 0 Å². The number of ketones is 1. The van der Waals surface area contributed by atoms with Gasteiger partial charge in [0.25, 0.3) is 0 Å². The van der Waals surface area contributed by atoms with Gasteiger partial charge in [-0.05, 0) is 50.1 Å². The summed E-state index contributed by atoms with van der Waals surface area (Å²) in [5.74, 6) is -0.386. The Hall–Kier alpha value is -1.49. The summed E-state index contributed by atoms with van der Waals surface area (Å²) in [4.78, 5) is 14.5. The zero-order valence-corrected chi connectivity index (χ0v) is 17.8. The van der Waals surface area contributed by atoms with Crippen LogP contribution in [0, 0.1) is 11.8 Å². The van der Waals surface area contributed by atoms with Gasteiger partial charge < -0.3 is 10.0 Å². The Morgan fingerprint density at radius 1 is 1.43 bits per heavy atom. The molecule has 0 aliphatic carbocycles. The van der Waals surface area contributed by atoms with Crippen LogP contribution in [0.15, 0.2) is 48.3 Å². The molecule has 3 atom stereocenters. The van der Waals surface area contributed by atoms with Crippen molar-refractivity contribution in [2.45, 2.75) is 45.6 Å². The van der Waals surface area contributed by atoms with Crippen LogP contribution >= 0.6 is 11.6 Å². The van der Waals surface area contributed by atoms with E-state index in [4.69, 9.17) is 11.6 Å². The quantitative estimate of drug-likeness (QED) is 0.595. The second-order valence-corrected chi connectivity index (χ2v) is 8.21. The molecule has 1 fully saturated rings. The summed E-state index contributed by atoms with van der Waals surface area (Å²) in [7, 11) is 0. The number of halogens is 2. The Kier molecular flexibility index (Phi) is 8.41. The fourth-order valence-corrected chi connectivity index (χ4v) is 3.85. The van der Waals surface area contributed by atoms with Gasteiger partial charge in [-0.1, -0.05) is 49.7 Å². The number of aliphatic hydroxyl groups is 1. The smallest absolute Gasteiger partial charge is 0.139 e. The summed E-state index contributed by atoms with van der Waals surface area (Å²) in [6, 6.07) is 7.44. The maximum atomic E-state index is 13.1. The lowest BCUT2D eigenvalue weighted by Gasteiger charge is -2.43. The number of Topliss-reactive ketones (excluding diaryl/α,β-unsaturated/α-hetero) is 1. The average Bonchev–Trinajstić information content (AvgIpc) is 2.68. The summed E-state index contributed by atoms with van der Waals surface area (Å²) < 4.78 is 13.1. The summed E-state index contributed by atoms with van der Waals surface area (Å²) in [6.07, 6.45) is 6.26. The Labute approximate surface area is 172 Å². The highest BCUT2D eigenvalue weighted by atomic mass is 35.5. The molecule has 1 aliphatic heterocycles. The lowest BCUT2D eigenvalue weighted by molar-refractivity contribution is -0.121. The minimum atomic E-state index is -0.840. The highest BCUT2D eigenvalue weighted by Crippen LogP contribution is 2.37. The van der Waals surface area contributed by atoms with Gasteiger partial charge in [0.15, 0.2) is 0 Å². The molecule has 0 saturated carbocycles. The van der Waals surface area contributed by atoms with Gasteiger partial charge >= 0.3 is 0 Å². The number of carbonyl (C=O) groups excluding carboxylic acids is 1. The number of likely N-dealkylation sites (tertiary alicyclic amines) is 1. The number of nitrogens with zero attached hydrogens (tertiary/aromatic N) is 1. The fourth-order valence-electron chi connectivity index (χ4n) is 3.72. The number of piperidine rings is 1. The van der Waals surface area contributed by atoms with Crippen LogP contribution in [0.1, 0.15) is 45.6 Å². The van der Waals surface area contributed by atoms with Crippen LogP contribution in [-0.4, -0.2) is 35.4 Å². The van der Waals surface area contributed by atoms with Gasteiger partial charge in [-0.15, -0.1) is 0 Å². The van der Waals surface area contributed by atoms with Gasteiger partial charge in [-0.2, -0.15) is 0 Å². The second kappa shape index (κ2) is 10.3. The molecule has 28 heavy (non-hydrogen) atoms. The minimum absolute atomic E-state index is 0.0868. The van der Waals surface area contributed by atoms with Crippen molar-refractivity contribution in [1.29, 1.82) is 0 Å². The molecule has 0 amide bonds. The van der Waals surface area contributed by atoms with Gasteiger partial charge in [-0.3, -0.25) is 4.79 Å². The van der Waals surface area contributed by atoms with Crippen molar-refractivity contribution in [3.8, 4) is 0 Å². The highest BCUT2D eigenvalue weighted by molar-refractivity contribution is 6.30. The molecule has 1 aromatic rings. The van der Waals surface area contributed by atoms with Crippen molar-refractivity contribution in [3.05, 3.63) is 58.9 Å². The standard InChI is InChI=1S/C23H31ClFNO2/c1-4-21(25)12-7-17(2)22(27)6-5-14-26-15-13-23(28,18(3)16-26)19-8-10-20(24)11-9-19/h4,7-12,17-18,28H,5-6,13-16H2,1-3H3/b12-7-,21-4+/t17?,18-,23?/m1/s1. The van der Waals surface area contributed by atoms with E-state index >= 15 is 0 Å². The van der Waals surface area contributed by atoms with E-state index in [1.165, 1.54) is 12.2 Å². The third-order valence-electron chi connectivity index (χ3n) is 5.73. The number of hydrogen-bond donors (Lipinski definition) is 1. The predicted octanol–water partition coefficient (Wildman–Crippen LogP) is 5.28. The summed E-state index contributed by atoms with van der Waals surface area (Å²) >= 11 is 5.96. The molecule has 3 nitrogen and oxygen atoms in total. The molecule has 0 bridgehead atoms. The normalized spacial score (nSPS) is 25.2. The van der Waals surface area contributed by atoms with Crippen molar-refractivity contribution >= 4 is 17.4 Å². The molecule has 1 heterocycles. The van der Waals surface area contributed by atoms with Crippen LogP contribution in [0.25, 0.3) is 0 Å². The lowest BCUT2D eigenvalue weighted by atomic mass is 9.77. The van der Waals surface area contributed by atoms with Gasteiger partial charge in [0, 0.05) is 36.4 Å². The van der Waals surface area contributed by atoms with E-state index in [0.717, 1.165) is 31.6 Å². The molecular formula is C23H31ClFNO2. The molecule has 1 aliphatic rings. The van der Waals surface area contributed by atoms with Gasteiger partial charge in [0.1, 0.15) is 11.6 Å². The first-order valence-electron chi connectivity index (χ1n) is 9.99. The van der Waals surface area contributed by atoms with Crippen LogP contribution in [0.4, 0.5) is 4.39 Å². The predicted molar refractivity (Wildman–Crippen MR) is 113 cm³/mol. The number of carbonyl (C=O) groups is 1. The molecule has 0 aromatic heterocycles. The largest absolute Gasteiger partial charge is 0.385 e. The van der Waals surface area contributed by atoms with Crippen molar-refractivity contribution in [2.75, 3.05) is 19.6 Å². The van der Waals surface area contributed by atoms with Crippen molar-refractivity contribution in [2.24, 2.45) is 11.8 Å². The molecule has 5 heteroatoms. The van der Waals surface area contributed by atoms with Crippen LogP contribution in [0.2, 0.25) is 5.02 Å². The maximum absolute atomic E-state index is 13.1. The van der Waals surface area contributed by atoms with E-state index in [2.05, 4.69) is 11.8 Å². The fraction of sp³-hybridized carbons (Fsp3) is 0.522. The Balaban J connectivity index is 1.81. The third-order valence-corrected chi connectivity index (χ3v) is 5.98. The molecule has 1 aromatic carbocycles. The van der Waals surface area contributed by atoms with Gasteiger partial charge in [-0.25, -0.2) is 4.39 Å². The molecule has 0 radical (unpaired) electrons. The lowest BCUT2D eigenvalue weighted by Crippen LogP contribution is -2.49. The molecule has 1 saturated heterocycles. The first-order chi connectivity index (χ1) is 13.3. The van der Waals surface area contributed by atoms with Crippen molar-refractivity contribution < 1.29 is 14.3 Å². The molecule has 0 spiro atoms. The topological polar surface area (TPSA) is 40.5 Å². The molecule has 1 N–H and O–H groups in total. The Morgan fingerprint density at radius 2 is 2.11 bits per heavy atom. The van der Waals surface area contributed by atoms with E-state index in [-0.39, 0.29) is 23.4 Å². The van der Waals surface area contributed by atoms with Crippen molar-refractivity contribution in [3.63, 3.8) is 0 Å². The monoisotopic (exact) mass is 407 g/mol. The van der Waals surface area contributed by atoms with Crippen LogP contribution in [-0.2, 0) is 10.4 Å². The van der Waals surface area contributed by atoms with E-state index in [9.17, 15) is 14.3 Å². The molecule has 2 unspecified atom stereocenters. The van der Waals surface area contributed by atoms with E-state index in [1.54, 1.807) is 19.9 Å². The second-order valence-electron chi connectivity index (χ2n) is 7.77. The zero-order valence-electron chi connectivity index (χ0n) is 17.0. The zero-order chi connectivity index (χ0) is 20.7. The highest BCUT2D eigenvalue weighted by Gasteiger charge is 2.40. The van der Waals surface area contributed by atoms with Crippen LogP contribution < -0.4 is 0 Å². The van der Waals surface area contributed by atoms with Crippen molar-refractivity contribution in [1.82, 2.24) is 4.90 Å². The SMILES string of the molecule is C/C=C(F)\C=C/C(C)C(=O)CCCN1CCC(O)(c2ccc(Cl)cc2)[C@H](C)C1. The maximum Gasteiger partial charge on any atom is 0.139 e. The van der Waals surface area contributed by atoms with Gasteiger partial charge in [0.05, 0.1) is 5.60 Å². The third kappa shape index (κ3) is 6.00. The molecule has 2 rings (SSSR count). The summed E-state index contributed by atoms with van der Waals surface area (Å²) in [6.45, 7) is 7.90. The average molecular weight is 408 g/mol. The van der Waals surface area contributed by atoms with E-state index in [1.807, 2.05) is 24.3 Å².